The number of ether oxygens (including phenoxy) is 1. The van der Waals surface area contributed by atoms with E-state index in [9.17, 15) is 18.0 Å². The van der Waals surface area contributed by atoms with Crippen molar-refractivity contribution in [2.75, 3.05) is 25.5 Å². The van der Waals surface area contributed by atoms with Crippen molar-refractivity contribution in [2.24, 2.45) is 0 Å². The first-order valence-corrected chi connectivity index (χ1v) is 7.97. The molecule has 2 heterocycles. The molecule has 0 radical (unpaired) electrons. The van der Waals surface area contributed by atoms with Gasteiger partial charge < -0.3 is 19.5 Å². The second-order valence-electron chi connectivity index (χ2n) is 5.76. The van der Waals surface area contributed by atoms with E-state index >= 15 is 0 Å². The number of nitrogens with zero attached hydrogens (tertiary/aromatic N) is 4. The SMILES string of the molecule is COCc1nncn1C1CN(C(=O)Nc2ccc(Cl)cc2C(F)(F)F)C1. The third-order valence-electron chi connectivity index (χ3n) is 3.99. The second-order valence-corrected chi connectivity index (χ2v) is 6.20. The first-order chi connectivity index (χ1) is 12.3. The van der Waals surface area contributed by atoms with Gasteiger partial charge in [-0.3, -0.25) is 0 Å². The molecule has 1 aliphatic rings. The average Bonchev–Trinajstić information content (AvgIpc) is 2.95. The van der Waals surface area contributed by atoms with Gasteiger partial charge in [0.25, 0.3) is 0 Å². The normalized spacial score (nSPS) is 15.0. The van der Waals surface area contributed by atoms with Gasteiger partial charge in [-0.25, -0.2) is 4.79 Å². The summed E-state index contributed by atoms with van der Waals surface area (Å²) < 4.78 is 46.1. The van der Waals surface area contributed by atoms with E-state index in [1.165, 1.54) is 24.4 Å². The number of hydrogen-bond donors (Lipinski definition) is 1. The first-order valence-electron chi connectivity index (χ1n) is 7.59. The van der Waals surface area contributed by atoms with E-state index in [1.807, 2.05) is 0 Å². The number of hydrogen-bond acceptors (Lipinski definition) is 4. The van der Waals surface area contributed by atoms with Crippen LogP contribution in [0.2, 0.25) is 5.02 Å². The molecule has 140 valence electrons. The lowest BCUT2D eigenvalue weighted by molar-refractivity contribution is -0.136. The van der Waals surface area contributed by atoms with Gasteiger partial charge in [0.1, 0.15) is 12.9 Å². The molecule has 0 spiro atoms. The molecule has 0 aliphatic carbocycles. The smallest absolute Gasteiger partial charge is 0.377 e. The van der Waals surface area contributed by atoms with Gasteiger partial charge in [0.2, 0.25) is 0 Å². The van der Waals surface area contributed by atoms with E-state index in [0.717, 1.165) is 12.1 Å². The zero-order valence-corrected chi connectivity index (χ0v) is 14.4. The van der Waals surface area contributed by atoms with Gasteiger partial charge in [-0.1, -0.05) is 11.6 Å². The van der Waals surface area contributed by atoms with Gasteiger partial charge in [-0.2, -0.15) is 13.2 Å². The summed E-state index contributed by atoms with van der Waals surface area (Å²) in [5.74, 6) is 0.620. The van der Waals surface area contributed by atoms with Crippen molar-refractivity contribution < 1.29 is 22.7 Å². The molecular weight excluding hydrogens is 375 g/mol. The molecule has 1 aromatic carbocycles. The van der Waals surface area contributed by atoms with Crippen LogP contribution in [-0.2, 0) is 17.5 Å². The van der Waals surface area contributed by atoms with Crippen LogP contribution in [-0.4, -0.2) is 45.9 Å². The number of halogens is 4. The number of rotatable bonds is 4. The fraction of sp³-hybridized carbons (Fsp3) is 0.400. The van der Waals surface area contributed by atoms with Crippen LogP contribution >= 0.6 is 11.6 Å². The summed E-state index contributed by atoms with van der Waals surface area (Å²) in [6.07, 6.45) is -3.09. The molecule has 0 bridgehead atoms. The molecule has 1 saturated heterocycles. The molecule has 0 saturated carbocycles. The first kappa shape index (κ1) is 18.5. The number of benzene rings is 1. The maximum atomic E-state index is 13.1. The predicted octanol–water partition coefficient (Wildman–Crippen LogP) is 3.19. The standard InChI is InChI=1S/C15H15ClF3N5O2/c1-26-7-13-22-20-8-24(13)10-5-23(6-10)14(25)21-12-3-2-9(16)4-11(12)15(17,18)19/h2-4,8,10H,5-7H2,1H3,(H,21,25). The Bertz CT molecular complexity index is 805. The Morgan fingerprint density at radius 1 is 1.42 bits per heavy atom. The summed E-state index contributed by atoms with van der Waals surface area (Å²) >= 11 is 5.63. The van der Waals surface area contributed by atoms with Gasteiger partial charge >= 0.3 is 12.2 Å². The van der Waals surface area contributed by atoms with Crippen molar-refractivity contribution in [2.45, 2.75) is 18.8 Å². The van der Waals surface area contributed by atoms with E-state index in [1.54, 1.807) is 4.57 Å². The highest BCUT2D eigenvalue weighted by molar-refractivity contribution is 6.30. The molecule has 1 fully saturated rings. The largest absolute Gasteiger partial charge is 0.418 e. The van der Waals surface area contributed by atoms with Crippen molar-refractivity contribution in [3.05, 3.63) is 40.9 Å². The van der Waals surface area contributed by atoms with Crippen molar-refractivity contribution in [1.29, 1.82) is 0 Å². The van der Waals surface area contributed by atoms with Crippen LogP contribution in [0.15, 0.2) is 24.5 Å². The number of carbonyl (C=O) groups is 1. The van der Waals surface area contributed by atoms with E-state index in [4.69, 9.17) is 16.3 Å². The van der Waals surface area contributed by atoms with Crippen LogP contribution in [0.5, 0.6) is 0 Å². The zero-order chi connectivity index (χ0) is 18.9. The van der Waals surface area contributed by atoms with Crippen molar-refractivity contribution in [3.8, 4) is 0 Å². The lowest BCUT2D eigenvalue weighted by atomic mass is 10.1. The molecule has 2 amide bonds. The number of anilines is 1. The maximum Gasteiger partial charge on any atom is 0.418 e. The zero-order valence-electron chi connectivity index (χ0n) is 13.6. The summed E-state index contributed by atoms with van der Waals surface area (Å²) in [6, 6.07) is 2.55. The number of likely N-dealkylation sites (tertiary alicyclic amines) is 1. The van der Waals surface area contributed by atoms with E-state index in [2.05, 4.69) is 15.5 Å². The highest BCUT2D eigenvalue weighted by Gasteiger charge is 2.37. The number of alkyl halides is 3. The molecule has 2 aromatic rings. The van der Waals surface area contributed by atoms with E-state index in [-0.39, 0.29) is 23.4 Å². The molecule has 3 rings (SSSR count). The third-order valence-corrected chi connectivity index (χ3v) is 4.23. The summed E-state index contributed by atoms with van der Waals surface area (Å²) in [5, 5.41) is 9.97. The molecule has 0 unspecified atom stereocenters. The highest BCUT2D eigenvalue weighted by atomic mass is 35.5. The van der Waals surface area contributed by atoms with Gasteiger partial charge in [-0.05, 0) is 18.2 Å². The Morgan fingerprint density at radius 3 is 2.81 bits per heavy atom. The number of nitrogens with one attached hydrogen (secondary N) is 1. The number of amides is 2. The molecule has 26 heavy (non-hydrogen) atoms. The van der Waals surface area contributed by atoms with Gasteiger partial charge in [0.15, 0.2) is 5.82 Å². The highest BCUT2D eigenvalue weighted by Crippen LogP contribution is 2.37. The molecular formula is C15H15ClF3N5O2. The molecule has 1 aliphatic heterocycles. The molecule has 1 N–H and O–H groups in total. The second kappa shape index (κ2) is 7.12. The molecule has 1 aromatic heterocycles. The summed E-state index contributed by atoms with van der Waals surface area (Å²) in [6.45, 7) is 0.938. The number of carbonyl (C=O) groups excluding carboxylic acids is 1. The van der Waals surface area contributed by atoms with Gasteiger partial charge in [0.05, 0.1) is 17.3 Å². The van der Waals surface area contributed by atoms with Crippen molar-refractivity contribution in [1.82, 2.24) is 19.7 Å². The van der Waals surface area contributed by atoms with Crippen LogP contribution < -0.4 is 5.32 Å². The van der Waals surface area contributed by atoms with Crippen LogP contribution in [0.25, 0.3) is 0 Å². The van der Waals surface area contributed by atoms with Crippen LogP contribution in [0.4, 0.5) is 23.7 Å². The third kappa shape index (κ3) is 3.75. The summed E-state index contributed by atoms with van der Waals surface area (Å²) in [7, 11) is 1.53. The Labute approximate surface area is 151 Å². The lowest BCUT2D eigenvalue weighted by Crippen LogP contribution is -2.52. The Kier molecular flexibility index (Phi) is 5.05. The molecule has 7 nitrogen and oxygen atoms in total. The topological polar surface area (TPSA) is 72.3 Å². The minimum atomic E-state index is -4.62. The van der Waals surface area contributed by atoms with Gasteiger partial charge in [0, 0.05) is 25.2 Å². The number of aromatic nitrogens is 3. The minimum absolute atomic E-state index is 0.0480. The Hall–Kier alpha value is -2.33. The van der Waals surface area contributed by atoms with Gasteiger partial charge in [-0.15, -0.1) is 10.2 Å². The van der Waals surface area contributed by atoms with E-state index < -0.39 is 17.8 Å². The fourth-order valence-corrected chi connectivity index (χ4v) is 2.83. The Balaban J connectivity index is 1.65. The van der Waals surface area contributed by atoms with Crippen molar-refractivity contribution in [3.63, 3.8) is 0 Å². The predicted molar refractivity (Wildman–Crippen MR) is 86.8 cm³/mol. The summed E-state index contributed by atoms with van der Waals surface area (Å²) in [4.78, 5) is 13.6. The molecule has 0 atom stereocenters. The maximum absolute atomic E-state index is 13.1. The average molecular weight is 390 g/mol. The number of methoxy groups -OCH3 is 1. The summed E-state index contributed by atoms with van der Waals surface area (Å²) in [5.41, 5.74) is -1.32. The quantitative estimate of drug-likeness (QED) is 0.871. The molecule has 11 heteroatoms. The monoisotopic (exact) mass is 389 g/mol. The van der Waals surface area contributed by atoms with Crippen LogP contribution in [0, 0.1) is 0 Å². The van der Waals surface area contributed by atoms with Crippen molar-refractivity contribution >= 4 is 23.3 Å². The minimum Gasteiger partial charge on any atom is -0.377 e. The Morgan fingerprint density at radius 2 is 2.15 bits per heavy atom. The number of urea groups is 1. The fourth-order valence-electron chi connectivity index (χ4n) is 2.66. The van der Waals surface area contributed by atoms with Crippen LogP contribution in [0.3, 0.4) is 0 Å². The van der Waals surface area contributed by atoms with Crippen LogP contribution in [0.1, 0.15) is 17.4 Å². The lowest BCUT2D eigenvalue weighted by Gasteiger charge is -2.40. The van der Waals surface area contributed by atoms with E-state index in [0.29, 0.717) is 18.9 Å².